The molecule has 1 aromatic rings. The van der Waals surface area contributed by atoms with E-state index in [9.17, 15) is 13.6 Å². The predicted octanol–water partition coefficient (Wildman–Crippen LogP) is 2.83. The predicted molar refractivity (Wildman–Crippen MR) is 54.3 cm³/mol. The van der Waals surface area contributed by atoms with Crippen molar-refractivity contribution < 1.29 is 18.3 Å². The molecule has 1 aromatic carbocycles. The lowest BCUT2D eigenvalue weighted by molar-refractivity contribution is -0.143. The smallest absolute Gasteiger partial charge is 0.316 e. The van der Waals surface area contributed by atoms with Crippen molar-refractivity contribution in [2.75, 3.05) is 7.11 Å². The average Bonchev–Trinajstić information content (AvgIpc) is 3.09. The van der Waals surface area contributed by atoms with Crippen LogP contribution in [0.3, 0.4) is 0 Å². The summed E-state index contributed by atoms with van der Waals surface area (Å²) in [5.74, 6) is -0.280. The quantitative estimate of drug-likeness (QED) is 0.741. The summed E-state index contributed by atoms with van der Waals surface area (Å²) in [7, 11) is 1.34. The van der Waals surface area contributed by atoms with E-state index in [1.54, 1.807) is 12.1 Å². The van der Waals surface area contributed by atoms with Gasteiger partial charge in [-0.05, 0) is 18.4 Å². The molecule has 0 aliphatic heterocycles. The third-order valence-corrected chi connectivity index (χ3v) is 3.04. The molecule has 2 nitrogen and oxygen atoms in total. The zero-order chi connectivity index (χ0) is 11.8. The van der Waals surface area contributed by atoms with Crippen LogP contribution in [0.1, 0.15) is 30.4 Å². The van der Waals surface area contributed by atoms with Gasteiger partial charge in [0.1, 0.15) is 0 Å². The van der Waals surface area contributed by atoms with E-state index in [0.717, 1.165) is 18.4 Å². The van der Waals surface area contributed by atoms with Crippen LogP contribution in [0.4, 0.5) is 8.78 Å². The minimum Gasteiger partial charge on any atom is -0.468 e. The standard InChI is InChI=1S/C12H12F2O2/c1-16-11(15)12(6-7-12)9-4-2-8(3-5-9)10(13)14/h2-5,10H,6-7H2,1H3. The monoisotopic (exact) mass is 226 g/mol. The summed E-state index contributed by atoms with van der Waals surface area (Å²) in [5, 5.41) is 0. The molecule has 16 heavy (non-hydrogen) atoms. The minimum atomic E-state index is -2.47. The molecule has 0 aromatic heterocycles. The van der Waals surface area contributed by atoms with Crippen molar-refractivity contribution in [2.24, 2.45) is 0 Å². The van der Waals surface area contributed by atoms with E-state index in [1.807, 2.05) is 0 Å². The molecular formula is C12H12F2O2. The highest BCUT2D eigenvalue weighted by molar-refractivity contribution is 5.86. The summed E-state index contributed by atoms with van der Waals surface area (Å²) in [6.07, 6.45) is -1.01. The molecule has 1 aliphatic rings. The van der Waals surface area contributed by atoms with Crippen molar-refractivity contribution in [3.8, 4) is 0 Å². The Bertz CT molecular complexity index is 394. The molecule has 2 rings (SSSR count). The first-order valence-corrected chi connectivity index (χ1v) is 5.07. The molecule has 0 saturated heterocycles. The fraction of sp³-hybridized carbons (Fsp3) is 0.417. The number of rotatable bonds is 3. The minimum absolute atomic E-state index is 0.0237. The van der Waals surface area contributed by atoms with Crippen molar-refractivity contribution in [3.05, 3.63) is 35.4 Å². The van der Waals surface area contributed by atoms with E-state index < -0.39 is 11.8 Å². The average molecular weight is 226 g/mol. The van der Waals surface area contributed by atoms with Gasteiger partial charge in [-0.25, -0.2) is 8.78 Å². The Kier molecular flexibility index (Phi) is 2.66. The number of benzene rings is 1. The Morgan fingerprint density at radius 2 is 1.88 bits per heavy atom. The number of alkyl halides is 2. The molecule has 0 bridgehead atoms. The van der Waals surface area contributed by atoms with Gasteiger partial charge in [0.25, 0.3) is 6.43 Å². The first kappa shape index (κ1) is 11.0. The van der Waals surface area contributed by atoms with Crippen molar-refractivity contribution in [1.82, 2.24) is 0 Å². The van der Waals surface area contributed by atoms with Crippen LogP contribution in [-0.2, 0) is 14.9 Å². The molecule has 0 spiro atoms. The third-order valence-electron chi connectivity index (χ3n) is 3.04. The summed E-state index contributed by atoms with van der Waals surface area (Å²) in [5.41, 5.74) is 0.170. The molecule has 4 heteroatoms. The van der Waals surface area contributed by atoms with Gasteiger partial charge in [0.2, 0.25) is 0 Å². The Morgan fingerprint density at radius 3 is 2.25 bits per heavy atom. The number of carbonyl (C=O) groups excluding carboxylic acids is 1. The van der Waals surface area contributed by atoms with Crippen molar-refractivity contribution in [3.63, 3.8) is 0 Å². The number of esters is 1. The van der Waals surface area contributed by atoms with Gasteiger partial charge < -0.3 is 4.74 Å². The molecule has 0 atom stereocenters. The zero-order valence-corrected chi connectivity index (χ0v) is 8.87. The van der Waals surface area contributed by atoms with Gasteiger partial charge in [-0.2, -0.15) is 0 Å². The van der Waals surface area contributed by atoms with Crippen LogP contribution in [0.15, 0.2) is 24.3 Å². The molecule has 0 amide bonds. The molecular weight excluding hydrogens is 214 g/mol. The molecule has 0 heterocycles. The van der Waals surface area contributed by atoms with E-state index in [4.69, 9.17) is 4.74 Å². The maximum absolute atomic E-state index is 12.3. The maximum atomic E-state index is 12.3. The highest BCUT2D eigenvalue weighted by atomic mass is 19.3. The Labute approximate surface area is 92.2 Å². The van der Waals surface area contributed by atoms with Gasteiger partial charge in [0, 0.05) is 5.56 Å². The van der Waals surface area contributed by atoms with E-state index in [1.165, 1.54) is 19.2 Å². The zero-order valence-electron chi connectivity index (χ0n) is 8.87. The maximum Gasteiger partial charge on any atom is 0.316 e. The Balaban J connectivity index is 2.25. The fourth-order valence-corrected chi connectivity index (χ4v) is 1.88. The van der Waals surface area contributed by atoms with Gasteiger partial charge in [-0.3, -0.25) is 4.79 Å². The fourth-order valence-electron chi connectivity index (χ4n) is 1.88. The van der Waals surface area contributed by atoms with Crippen molar-refractivity contribution in [2.45, 2.75) is 24.7 Å². The summed E-state index contributed by atoms with van der Waals surface area (Å²) in [6.45, 7) is 0. The second kappa shape index (κ2) is 3.85. The highest BCUT2D eigenvalue weighted by Gasteiger charge is 2.52. The summed E-state index contributed by atoms with van der Waals surface area (Å²) in [4.78, 5) is 11.5. The molecule has 1 saturated carbocycles. The lowest BCUT2D eigenvalue weighted by Gasteiger charge is -2.13. The lowest BCUT2D eigenvalue weighted by Crippen LogP contribution is -2.21. The highest BCUT2D eigenvalue weighted by Crippen LogP contribution is 2.49. The molecule has 86 valence electrons. The first-order chi connectivity index (χ1) is 7.60. The van der Waals surface area contributed by atoms with Crippen LogP contribution in [0.25, 0.3) is 0 Å². The number of ether oxygens (including phenoxy) is 1. The summed E-state index contributed by atoms with van der Waals surface area (Å²) < 4.78 is 29.4. The van der Waals surface area contributed by atoms with Crippen LogP contribution in [0.2, 0.25) is 0 Å². The Hall–Kier alpha value is -1.45. The summed E-state index contributed by atoms with van der Waals surface area (Å²) >= 11 is 0. The largest absolute Gasteiger partial charge is 0.468 e. The van der Waals surface area contributed by atoms with Gasteiger partial charge in [-0.1, -0.05) is 24.3 Å². The van der Waals surface area contributed by atoms with Crippen molar-refractivity contribution in [1.29, 1.82) is 0 Å². The van der Waals surface area contributed by atoms with Gasteiger partial charge in [0.15, 0.2) is 0 Å². The van der Waals surface area contributed by atoms with Gasteiger partial charge in [-0.15, -0.1) is 0 Å². The first-order valence-electron chi connectivity index (χ1n) is 5.07. The third kappa shape index (κ3) is 1.68. The second-order valence-electron chi connectivity index (χ2n) is 4.00. The number of halogens is 2. The van der Waals surface area contributed by atoms with Gasteiger partial charge in [0.05, 0.1) is 12.5 Å². The lowest BCUT2D eigenvalue weighted by atomic mass is 9.95. The van der Waals surface area contributed by atoms with Crippen molar-refractivity contribution >= 4 is 5.97 Å². The molecule has 0 unspecified atom stereocenters. The number of carbonyl (C=O) groups is 1. The van der Waals surface area contributed by atoms with Crippen LogP contribution >= 0.6 is 0 Å². The molecule has 0 N–H and O–H groups in total. The van der Waals surface area contributed by atoms with Crippen LogP contribution in [-0.4, -0.2) is 13.1 Å². The summed E-state index contributed by atoms with van der Waals surface area (Å²) in [6, 6.07) is 5.91. The van der Waals surface area contributed by atoms with Crippen LogP contribution in [0.5, 0.6) is 0 Å². The van der Waals surface area contributed by atoms with E-state index in [2.05, 4.69) is 0 Å². The van der Waals surface area contributed by atoms with Crippen LogP contribution < -0.4 is 0 Å². The SMILES string of the molecule is COC(=O)C1(c2ccc(C(F)F)cc2)CC1. The van der Waals surface area contributed by atoms with E-state index in [0.29, 0.717) is 0 Å². The topological polar surface area (TPSA) is 26.3 Å². The number of hydrogen-bond acceptors (Lipinski definition) is 2. The van der Waals surface area contributed by atoms with Crippen LogP contribution in [0, 0.1) is 0 Å². The second-order valence-corrected chi connectivity index (χ2v) is 4.00. The molecule has 1 fully saturated rings. The Morgan fingerprint density at radius 1 is 1.31 bits per heavy atom. The molecule has 0 radical (unpaired) electrons. The van der Waals surface area contributed by atoms with E-state index >= 15 is 0 Å². The van der Waals surface area contributed by atoms with E-state index in [-0.39, 0.29) is 11.5 Å². The molecule has 1 aliphatic carbocycles. The number of methoxy groups -OCH3 is 1. The van der Waals surface area contributed by atoms with Gasteiger partial charge >= 0.3 is 5.97 Å². The number of hydrogen-bond donors (Lipinski definition) is 0. The normalized spacial score (nSPS) is 17.2.